The summed E-state index contributed by atoms with van der Waals surface area (Å²) in [5.41, 5.74) is 1.76. The van der Waals surface area contributed by atoms with Gasteiger partial charge in [-0.2, -0.15) is 0 Å². The molecule has 0 radical (unpaired) electrons. The second-order valence-corrected chi connectivity index (χ2v) is 4.49. The summed E-state index contributed by atoms with van der Waals surface area (Å²) in [5.74, 6) is 1.30. The molecular weight excluding hydrogens is 226 g/mol. The molecular formula is C11H14ClN3O. The number of aromatic nitrogens is 2. The lowest BCUT2D eigenvalue weighted by Crippen LogP contribution is -2.27. The van der Waals surface area contributed by atoms with Crippen molar-refractivity contribution in [3.05, 3.63) is 17.5 Å². The fourth-order valence-corrected chi connectivity index (χ4v) is 2.11. The van der Waals surface area contributed by atoms with E-state index in [1.54, 1.807) is 4.90 Å². The number of carbonyl (C=O) groups excluding carboxylic acids is 1. The Labute approximate surface area is 99.6 Å². The summed E-state index contributed by atoms with van der Waals surface area (Å²) in [6.45, 7) is 4.43. The lowest BCUT2D eigenvalue weighted by atomic mass is 10.2. The maximum atomic E-state index is 11.8. The third-order valence-corrected chi connectivity index (χ3v) is 3.07. The fraction of sp³-hybridized carbons (Fsp3) is 0.545. The number of aryl methyl sites for hydroxylation is 2. The zero-order valence-electron chi connectivity index (χ0n) is 9.40. The fourth-order valence-electron chi connectivity index (χ4n) is 1.91. The van der Waals surface area contributed by atoms with Gasteiger partial charge in [-0.05, 0) is 25.8 Å². The van der Waals surface area contributed by atoms with Crippen molar-refractivity contribution in [3.8, 4) is 0 Å². The average molecular weight is 240 g/mol. The molecule has 1 unspecified atom stereocenters. The second kappa shape index (κ2) is 4.37. The maximum absolute atomic E-state index is 11.8. The molecule has 4 nitrogen and oxygen atoms in total. The smallest absolute Gasteiger partial charge is 0.232 e. The molecule has 1 aliphatic heterocycles. The molecule has 1 aliphatic rings. The minimum atomic E-state index is 0.0654. The number of hydrogen-bond acceptors (Lipinski definition) is 3. The average Bonchev–Trinajstić information content (AvgIpc) is 2.58. The molecule has 1 aromatic heterocycles. The van der Waals surface area contributed by atoms with Crippen molar-refractivity contribution in [2.75, 3.05) is 17.3 Å². The summed E-state index contributed by atoms with van der Waals surface area (Å²) in [7, 11) is 0. The van der Waals surface area contributed by atoms with Crippen LogP contribution in [0.2, 0.25) is 0 Å². The number of carbonyl (C=O) groups is 1. The number of amides is 1. The van der Waals surface area contributed by atoms with E-state index < -0.39 is 0 Å². The van der Waals surface area contributed by atoms with Crippen molar-refractivity contribution in [1.29, 1.82) is 0 Å². The predicted octanol–water partition coefficient (Wildman–Crippen LogP) is 1.69. The van der Waals surface area contributed by atoms with Crippen LogP contribution in [-0.2, 0) is 4.79 Å². The Morgan fingerprint density at radius 3 is 2.56 bits per heavy atom. The molecule has 1 fully saturated rings. The van der Waals surface area contributed by atoms with Gasteiger partial charge in [-0.3, -0.25) is 9.69 Å². The lowest BCUT2D eigenvalue weighted by Gasteiger charge is -2.14. The molecule has 0 aliphatic carbocycles. The van der Waals surface area contributed by atoms with Crippen LogP contribution in [0, 0.1) is 19.8 Å². The minimum Gasteiger partial charge on any atom is -0.280 e. The molecule has 1 saturated heterocycles. The molecule has 0 bridgehead atoms. The Hall–Kier alpha value is -1.16. The number of anilines is 1. The van der Waals surface area contributed by atoms with Crippen LogP contribution in [0.1, 0.15) is 17.8 Å². The Balaban J connectivity index is 2.27. The van der Waals surface area contributed by atoms with E-state index in [9.17, 15) is 4.79 Å². The van der Waals surface area contributed by atoms with Gasteiger partial charge in [0.15, 0.2) is 0 Å². The third kappa shape index (κ3) is 2.16. The first-order valence-corrected chi connectivity index (χ1v) is 5.82. The number of nitrogens with zero attached hydrogens (tertiary/aromatic N) is 3. The van der Waals surface area contributed by atoms with Crippen LogP contribution >= 0.6 is 11.6 Å². The first-order valence-electron chi connectivity index (χ1n) is 5.28. The highest BCUT2D eigenvalue weighted by atomic mass is 35.5. The van der Waals surface area contributed by atoms with Crippen molar-refractivity contribution in [3.63, 3.8) is 0 Å². The Morgan fingerprint density at radius 1 is 1.44 bits per heavy atom. The van der Waals surface area contributed by atoms with Gasteiger partial charge in [0.1, 0.15) is 0 Å². The van der Waals surface area contributed by atoms with Gasteiger partial charge in [0.2, 0.25) is 11.9 Å². The van der Waals surface area contributed by atoms with E-state index in [1.807, 2.05) is 19.9 Å². The summed E-state index contributed by atoms with van der Waals surface area (Å²) in [6.07, 6.45) is 0.500. The molecule has 2 rings (SSSR count). The van der Waals surface area contributed by atoms with Gasteiger partial charge in [-0.25, -0.2) is 9.97 Å². The zero-order valence-corrected chi connectivity index (χ0v) is 10.2. The lowest BCUT2D eigenvalue weighted by molar-refractivity contribution is -0.117. The first kappa shape index (κ1) is 11.3. The van der Waals surface area contributed by atoms with E-state index in [2.05, 4.69) is 9.97 Å². The van der Waals surface area contributed by atoms with Crippen molar-refractivity contribution in [2.45, 2.75) is 20.3 Å². The highest BCUT2D eigenvalue weighted by molar-refractivity contribution is 6.18. The van der Waals surface area contributed by atoms with Crippen LogP contribution in [0.4, 0.5) is 5.95 Å². The van der Waals surface area contributed by atoms with Crippen LogP contribution in [0.5, 0.6) is 0 Å². The summed E-state index contributed by atoms with van der Waals surface area (Å²) >= 11 is 5.77. The van der Waals surface area contributed by atoms with Crippen molar-refractivity contribution < 1.29 is 4.79 Å². The van der Waals surface area contributed by atoms with Crippen molar-refractivity contribution in [1.82, 2.24) is 9.97 Å². The molecule has 16 heavy (non-hydrogen) atoms. The van der Waals surface area contributed by atoms with Gasteiger partial charge in [-0.1, -0.05) is 0 Å². The minimum absolute atomic E-state index is 0.0654. The molecule has 1 atom stereocenters. The monoisotopic (exact) mass is 239 g/mol. The molecule has 2 heterocycles. The summed E-state index contributed by atoms with van der Waals surface area (Å²) in [5, 5.41) is 0. The van der Waals surface area contributed by atoms with Crippen molar-refractivity contribution >= 4 is 23.5 Å². The highest BCUT2D eigenvalue weighted by Crippen LogP contribution is 2.23. The standard InChI is InChI=1S/C11H14ClN3O/c1-7-3-8(2)14-11(13-7)15-6-9(5-12)4-10(15)16/h3,9H,4-6H2,1-2H3. The maximum Gasteiger partial charge on any atom is 0.232 e. The van der Waals surface area contributed by atoms with Crippen LogP contribution in [0.15, 0.2) is 6.07 Å². The van der Waals surface area contributed by atoms with Crippen molar-refractivity contribution in [2.24, 2.45) is 5.92 Å². The van der Waals surface area contributed by atoms with E-state index in [1.165, 1.54) is 0 Å². The third-order valence-electron chi connectivity index (χ3n) is 2.64. The second-order valence-electron chi connectivity index (χ2n) is 4.18. The summed E-state index contributed by atoms with van der Waals surface area (Å²) in [6, 6.07) is 1.89. The molecule has 86 valence electrons. The van der Waals surface area contributed by atoms with Gasteiger partial charge in [0.25, 0.3) is 0 Å². The van der Waals surface area contributed by atoms with E-state index in [4.69, 9.17) is 11.6 Å². The topological polar surface area (TPSA) is 46.1 Å². The molecule has 1 amide bonds. The molecule has 0 spiro atoms. The van der Waals surface area contributed by atoms with Crippen LogP contribution in [0.3, 0.4) is 0 Å². The van der Waals surface area contributed by atoms with Gasteiger partial charge in [-0.15, -0.1) is 11.6 Å². The Kier molecular flexibility index (Phi) is 3.10. The van der Waals surface area contributed by atoms with Crippen LogP contribution < -0.4 is 4.90 Å². The van der Waals surface area contributed by atoms with E-state index in [0.29, 0.717) is 24.8 Å². The van der Waals surface area contributed by atoms with Gasteiger partial charge in [0.05, 0.1) is 0 Å². The van der Waals surface area contributed by atoms with E-state index in [0.717, 1.165) is 11.4 Å². The molecule has 1 aromatic rings. The summed E-state index contributed by atoms with van der Waals surface area (Å²) in [4.78, 5) is 22.0. The number of alkyl halides is 1. The molecule has 0 saturated carbocycles. The normalized spacial score (nSPS) is 20.6. The number of halogens is 1. The van der Waals surface area contributed by atoms with E-state index >= 15 is 0 Å². The van der Waals surface area contributed by atoms with E-state index in [-0.39, 0.29) is 11.8 Å². The Morgan fingerprint density at radius 2 is 2.06 bits per heavy atom. The van der Waals surface area contributed by atoms with Gasteiger partial charge >= 0.3 is 0 Å². The van der Waals surface area contributed by atoms with Gasteiger partial charge in [0, 0.05) is 30.2 Å². The highest BCUT2D eigenvalue weighted by Gasteiger charge is 2.31. The SMILES string of the molecule is Cc1cc(C)nc(N2CC(CCl)CC2=O)n1. The van der Waals surface area contributed by atoms with Gasteiger partial charge < -0.3 is 0 Å². The quantitative estimate of drug-likeness (QED) is 0.738. The molecule has 0 aromatic carbocycles. The first-order chi connectivity index (χ1) is 7.60. The van der Waals surface area contributed by atoms with Crippen LogP contribution in [-0.4, -0.2) is 28.3 Å². The molecule has 0 N–H and O–H groups in total. The zero-order chi connectivity index (χ0) is 11.7. The number of hydrogen-bond donors (Lipinski definition) is 0. The summed E-state index contributed by atoms with van der Waals surface area (Å²) < 4.78 is 0. The number of rotatable bonds is 2. The Bertz CT molecular complexity index is 401. The largest absolute Gasteiger partial charge is 0.280 e. The molecule has 5 heteroatoms. The van der Waals surface area contributed by atoms with Crippen LogP contribution in [0.25, 0.3) is 0 Å². The predicted molar refractivity (Wildman–Crippen MR) is 62.7 cm³/mol.